The first kappa shape index (κ1) is 11.8. The molecule has 0 saturated heterocycles. The highest BCUT2D eigenvalue weighted by Crippen LogP contribution is 2.28. The van der Waals surface area contributed by atoms with E-state index in [9.17, 15) is 0 Å². The fourth-order valence-electron chi connectivity index (χ4n) is 2.26. The third-order valence-corrected chi connectivity index (χ3v) is 3.47. The van der Waals surface area contributed by atoms with Crippen molar-refractivity contribution in [3.05, 3.63) is 18.1 Å². The van der Waals surface area contributed by atoms with Crippen molar-refractivity contribution in [3.63, 3.8) is 0 Å². The maximum Gasteiger partial charge on any atom is 0.158 e. The smallest absolute Gasteiger partial charge is 0.158 e. The van der Waals surface area contributed by atoms with Crippen LogP contribution in [0.5, 0.6) is 0 Å². The predicted molar refractivity (Wildman–Crippen MR) is 66.4 cm³/mol. The summed E-state index contributed by atoms with van der Waals surface area (Å²) >= 11 is 0. The molecule has 1 saturated carbocycles. The number of hydrogen-bond donors (Lipinski definition) is 1. The minimum atomic E-state index is 0.363. The minimum absolute atomic E-state index is 0.363. The van der Waals surface area contributed by atoms with E-state index in [4.69, 9.17) is 5.26 Å². The van der Waals surface area contributed by atoms with Crippen LogP contribution in [0, 0.1) is 23.2 Å². The fraction of sp³-hybridized carbons (Fsp3) is 0.615. The molecule has 0 spiro atoms. The molecule has 1 aliphatic rings. The van der Waals surface area contributed by atoms with Crippen molar-refractivity contribution in [1.29, 1.82) is 5.26 Å². The van der Waals surface area contributed by atoms with Gasteiger partial charge in [0, 0.05) is 6.54 Å². The first-order chi connectivity index (χ1) is 8.28. The number of nitriles is 1. The summed E-state index contributed by atoms with van der Waals surface area (Å²) in [6.45, 7) is 3.29. The van der Waals surface area contributed by atoms with E-state index in [2.05, 4.69) is 22.2 Å². The molecule has 0 amide bonds. The summed E-state index contributed by atoms with van der Waals surface area (Å²) in [6.07, 6.45) is 8.42. The van der Waals surface area contributed by atoms with Crippen molar-refractivity contribution >= 4 is 5.82 Å². The van der Waals surface area contributed by atoms with E-state index in [1.807, 2.05) is 6.07 Å². The van der Waals surface area contributed by atoms with Gasteiger partial charge in [0.25, 0.3) is 0 Å². The van der Waals surface area contributed by atoms with Crippen molar-refractivity contribution in [2.24, 2.45) is 11.8 Å². The van der Waals surface area contributed by atoms with Gasteiger partial charge in [-0.2, -0.15) is 5.26 Å². The van der Waals surface area contributed by atoms with Crippen molar-refractivity contribution < 1.29 is 0 Å². The van der Waals surface area contributed by atoms with Crippen molar-refractivity contribution in [2.75, 3.05) is 11.9 Å². The van der Waals surface area contributed by atoms with Gasteiger partial charge in [0.05, 0.1) is 12.4 Å². The van der Waals surface area contributed by atoms with Gasteiger partial charge in [-0.15, -0.1) is 0 Å². The summed E-state index contributed by atoms with van der Waals surface area (Å²) < 4.78 is 0. The summed E-state index contributed by atoms with van der Waals surface area (Å²) in [5.74, 6) is 2.41. The standard InChI is InChI=1S/C13H18N4/c1-10-2-4-11(5-3-10)7-16-13-9-15-12(6-14)8-17-13/h8-11H,2-5,7H2,1H3,(H,16,17). The van der Waals surface area contributed by atoms with Gasteiger partial charge in [0.1, 0.15) is 11.9 Å². The van der Waals surface area contributed by atoms with Crippen molar-refractivity contribution in [3.8, 4) is 6.07 Å². The van der Waals surface area contributed by atoms with Crippen LogP contribution in [-0.2, 0) is 0 Å². The Morgan fingerprint density at radius 3 is 2.65 bits per heavy atom. The summed E-state index contributed by atoms with van der Waals surface area (Å²) in [5.41, 5.74) is 0.363. The van der Waals surface area contributed by atoms with E-state index in [0.717, 1.165) is 24.2 Å². The predicted octanol–water partition coefficient (Wildman–Crippen LogP) is 2.59. The van der Waals surface area contributed by atoms with Crippen LogP contribution in [0.4, 0.5) is 5.82 Å². The molecule has 1 fully saturated rings. The number of nitrogens with zero attached hydrogens (tertiary/aromatic N) is 3. The zero-order valence-electron chi connectivity index (χ0n) is 10.2. The lowest BCUT2D eigenvalue weighted by atomic mass is 9.83. The molecule has 1 N–H and O–H groups in total. The van der Waals surface area contributed by atoms with Gasteiger partial charge in [-0.3, -0.25) is 0 Å². The van der Waals surface area contributed by atoms with Crippen LogP contribution in [0.3, 0.4) is 0 Å². The van der Waals surface area contributed by atoms with E-state index >= 15 is 0 Å². The van der Waals surface area contributed by atoms with Crippen LogP contribution in [0.15, 0.2) is 12.4 Å². The molecule has 0 atom stereocenters. The summed E-state index contributed by atoms with van der Waals surface area (Å²) in [6, 6.07) is 1.96. The third kappa shape index (κ3) is 3.42. The molecular formula is C13H18N4. The minimum Gasteiger partial charge on any atom is -0.369 e. The second-order valence-corrected chi connectivity index (χ2v) is 4.91. The molecule has 1 aliphatic carbocycles. The molecule has 2 rings (SSSR count). The quantitative estimate of drug-likeness (QED) is 0.867. The molecular weight excluding hydrogens is 212 g/mol. The number of anilines is 1. The Kier molecular flexibility index (Phi) is 3.92. The molecule has 4 nitrogen and oxygen atoms in total. The average Bonchev–Trinajstić information content (AvgIpc) is 2.39. The number of nitrogens with one attached hydrogen (secondary N) is 1. The maximum atomic E-state index is 8.61. The Labute approximate surface area is 102 Å². The van der Waals surface area contributed by atoms with Crippen molar-refractivity contribution in [1.82, 2.24) is 9.97 Å². The van der Waals surface area contributed by atoms with E-state index in [0.29, 0.717) is 5.69 Å². The van der Waals surface area contributed by atoms with Crippen LogP contribution in [0.2, 0.25) is 0 Å². The Morgan fingerprint density at radius 1 is 1.29 bits per heavy atom. The molecule has 0 aromatic carbocycles. The molecule has 0 unspecified atom stereocenters. The van der Waals surface area contributed by atoms with Gasteiger partial charge in [0.15, 0.2) is 5.69 Å². The maximum absolute atomic E-state index is 8.61. The molecule has 90 valence electrons. The van der Waals surface area contributed by atoms with Crippen molar-refractivity contribution in [2.45, 2.75) is 32.6 Å². The number of rotatable bonds is 3. The van der Waals surface area contributed by atoms with Gasteiger partial charge in [0.2, 0.25) is 0 Å². The van der Waals surface area contributed by atoms with Gasteiger partial charge >= 0.3 is 0 Å². The number of aromatic nitrogens is 2. The highest BCUT2D eigenvalue weighted by molar-refractivity contribution is 5.33. The third-order valence-electron chi connectivity index (χ3n) is 3.47. The summed E-state index contributed by atoms with van der Waals surface area (Å²) in [7, 11) is 0. The molecule has 1 aromatic heterocycles. The highest BCUT2D eigenvalue weighted by atomic mass is 15.0. The molecule has 17 heavy (non-hydrogen) atoms. The summed E-state index contributed by atoms with van der Waals surface area (Å²) in [5, 5.41) is 11.9. The highest BCUT2D eigenvalue weighted by Gasteiger charge is 2.17. The summed E-state index contributed by atoms with van der Waals surface area (Å²) in [4.78, 5) is 8.14. The van der Waals surface area contributed by atoms with Gasteiger partial charge in [-0.1, -0.05) is 19.8 Å². The Balaban J connectivity index is 1.79. The van der Waals surface area contributed by atoms with Gasteiger partial charge in [-0.05, 0) is 24.7 Å². The first-order valence-corrected chi connectivity index (χ1v) is 6.24. The molecule has 0 radical (unpaired) electrons. The largest absolute Gasteiger partial charge is 0.369 e. The zero-order chi connectivity index (χ0) is 12.1. The second-order valence-electron chi connectivity index (χ2n) is 4.91. The average molecular weight is 230 g/mol. The lowest BCUT2D eigenvalue weighted by molar-refractivity contribution is 0.300. The Bertz CT molecular complexity index is 385. The molecule has 4 heteroatoms. The molecule has 1 heterocycles. The second kappa shape index (κ2) is 5.62. The van der Waals surface area contributed by atoms with Crippen LogP contribution >= 0.6 is 0 Å². The SMILES string of the molecule is CC1CCC(CNc2cnc(C#N)cn2)CC1. The van der Waals surface area contributed by atoms with Gasteiger partial charge < -0.3 is 5.32 Å². The Morgan fingerprint density at radius 2 is 2.06 bits per heavy atom. The zero-order valence-corrected chi connectivity index (χ0v) is 10.2. The lowest BCUT2D eigenvalue weighted by Crippen LogP contribution is -2.20. The topological polar surface area (TPSA) is 61.6 Å². The Hall–Kier alpha value is -1.63. The fourth-order valence-corrected chi connectivity index (χ4v) is 2.26. The van der Waals surface area contributed by atoms with Crippen LogP contribution in [0.25, 0.3) is 0 Å². The van der Waals surface area contributed by atoms with Crippen LogP contribution in [0.1, 0.15) is 38.3 Å². The molecule has 0 aliphatic heterocycles. The van der Waals surface area contributed by atoms with Gasteiger partial charge in [-0.25, -0.2) is 9.97 Å². The molecule has 0 bridgehead atoms. The van der Waals surface area contributed by atoms with Crippen LogP contribution < -0.4 is 5.32 Å². The monoisotopic (exact) mass is 230 g/mol. The normalized spacial score (nSPS) is 24.0. The van der Waals surface area contributed by atoms with E-state index in [1.165, 1.54) is 31.9 Å². The first-order valence-electron chi connectivity index (χ1n) is 6.24. The lowest BCUT2D eigenvalue weighted by Gasteiger charge is -2.26. The van der Waals surface area contributed by atoms with E-state index < -0.39 is 0 Å². The van der Waals surface area contributed by atoms with E-state index in [-0.39, 0.29) is 0 Å². The van der Waals surface area contributed by atoms with Crippen LogP contribution in [-0.4, -0.2) is 16.5 Å². The van der Waals surface area contributed by atoms with E-state index in [1.54, 1.807) is 6.20 Å². The number of hydrogen-bond acceptors (Lipinski definition) is 4. The molecule has 1 aromatic rings.